The minimum absolute atomic E-state index is 0.0258. The number of methoxy groups -OCH3 is 1. The molecule has 1 fully saturated rings. The summed E-state index contributed by atoms with van der Waals surface area (Å²) in [6.07, 6.45) is 2.74. The lowest BCUT2D eigenvalue weighted by atomic mass is 9.83. The van der Waals surface area contributed by atoms with Crippen LogP contribution in [0.15, 0.2) is 12.1 Å². The van der Waals surface area contributed by atoms with Crippen LogP contribution in [-0.4, -0.2) is 48.9 Å². The molecule has 146 valence electrons. The van der Waals surface area contributed by atoms with Gasteiger partial charge in [0.15, 0.2) is 0 Å². The van der Waals surface area contributed by atoms with Crippen LogP contribution < -0.4 is 4.74 Å². The molecular formula is C21H33NO4. The fourth-order valence-electron chi connectivity index (χ4n) is 3.71. The first-order valence-corrected chi connectivity index (χ1v) is 9.46. The van der Waals surface area contributed by atoms with E-state index in [9.17, 15) is 9.90 Å². The van der Waals surface area contributed by atoms with Crippen LogP contribution in [0.4, 0.5) is 0 Å². The number of carboxylic acids is 1. The number of hydrogen-bond donors (Lipinski definition) is 1. The third-order valence-electron chi connectivity index (χ3n) is 5.03. The van der Waals surface area contributed by atoms with E-state index in [4.69, 9.17) is 9.47 Å². The van der Waals surface area contributed by atoms with Crippen LogP contribution in [0, 0.1) is 6.92 Å². The number of piperidine rings is 1. The predicted molar refractivity (Wildman–Crippen MR) is 103 cm³/mol. The van der Waals surface area contributed by atoms with Crippen molar-refractivity contribution in [3.05, 3.63) is 28.8 Å². The van der Waals surface area contributed by atoms with E-state index < -0.39 is 12.0 Å². The van der Waals surface area contributed by atoms with Crippen molar-refractivity contribution in [2.24, 2.45) is 0 Å². The zero-order valence-corrected chi connectivity index (χ0v) is 16.8. The lowest BCUT2D eigenvalue weighted by molar-refractivity contribution is -0.144. The maximum atomic E-state index is 11.6. The molecule has 0 bridgehead atoms. The fourth-order valence-corrected chi connectivity index (χ4v) is 3.71. The highest BCUT2D eigenvalue weighted by molar-refractivity contribution is 5.73. The Labute approximate surface area is 157 Å². The molecule has 0 saturated carbocycles. The van der Waals surface area contributed by atoms with E-state index in [1.54, 1.807) is 7.11 Å². The fraction of sp³-hybridized carbons (Fsp3) is 0.667. The maximum absolute atomic E-state index is 11.6. The highest BCUT2D eigenvalue weighted by Crippen LogP contribution is 2.33. The Bertz CT molecular complexity index is 621. The molecule has 1 atom stereocenters. The summed E-state index contributed by atoms with van der Waals surface area (Å²) in [5.74, 6) is 0.108. The van der Waals surface area contributed by atoms with Gasteiger partial charge in [0.25, 0.3) is 0 Å². The van der Waals surface area contributed by atoms with Crippen LogP contribution in [0.5, 0.6) is 5.75 Å². The number of aliphatic carboxylic acids is 1. The minimum Gasteiger partial charge on any atom is -0.491 e. The van der Waals surface area contributed by atoms with E-state index in [-0.39, 0.29) is 5.41 Å². The molecule has 0 aliphatic carbocycles. The molecular weight excluding hydrogens is 330 g/mol. The number of rotatable bonds is 7. The Hall–Kier alpha value is -1.59. The molecule has 2 rings (SSSR count). The summed E-state index contributed by atoms with van der Waals surface area (Å²) < 4.78 is 11.1. The van der Waals surface area contributed by atoms with Gasteiger partial charge in [-0.1, -0.05) is 33.3 Å². The minimum atomic E-state index is -0.727. The molecule has 0 aromatic heterocycles. The Morgan fingerprint density at radius 3 is 2.62 bits per heavy atom. The Balaban J connectivity index is 2.34. The Kier molecular flexibility index (Phi) is 7.07. The van der Waals surface area contributed by atoms with E-state index >= 15 is 0 Å². The average molecular weight is 363 g/mol. The zero-order valence-electron chi connectivity index (χ0n) is 16.8. The first-order chi connectivity index (χ1) is 12.2. The van der Waals surface area contributed by atoms with Gasteiger partial charge in [-0.15, -0.1) is 0 Å². The monoisotopic (exact) mass is 363 g/mol. The number of carbonyl (C=O) groups is 1. The first kappa shape index (κ1) is 20.7. The summed E-state index contributed by atoms with van der Waals surface area (Å²) in [4.78, 5) is 13.7. The van der Waals surface area contributed by atoms with Gasteiger partial charge in [-0.3, -0.25) is 9.69 Å². The number of aryl methyl sites for hydroxylation is 1. The molecule has 26 heavy (non-hydrogen) atoms. The van der Waals surface area contributed by atoms with Gasteiger partial charge in [0.1, 0.15) is 18.4 Å². The van der Waals surface area contributed by atoms with Crippen molar-refractivity contribution in [2.45, 2.75) is 65.0 Å². The van der Waals surface area contributed by atoms with Crippen LogP contribution in [0.3, 0.4) is 0 Å². The van der Waals surface area contributed by atoms with Gasteiger partial charge in [0.05, 0.1) is 6.61 Å². The van der Waals surface area contributed by atoms with Crippen molar-refractivity contribution in [3.63, 3.8) is 0 Å². The molecule has 1 N–H and O–H groups in total. The Morgan fingerprint density at radius 2 is 2.00 bits per heavy atom. The summed E-state index contributed by atoms with van der Waals surface area (Å²) in [6, 6.07) is 3.88. The molecule has 1 heterocycles. The number of carboxylic acid groups (broad SMARTS) is 1. The molecule has 0 spiro atoms. The van der Waals surface area contributed by atoms with Crippen LogP contribution in [-0.2, 0) is 21.5 Å². The van der Waals surface area contributed by atoms with Gasteiger partial charge < -0.3 is 14.6 Å². The third kappa shape index (κ3) is 5.21. The largest absolute Gasteiger partial charge is 0.491 e. The van der Waals surface area contributed by atoms with E-state index in [0.29, 0.717) is 26.2 Å². The van der Waals surface area contributed by atoms with E-state index in [1.165, 1.54) is 11.1 Å². The molecule has 5 nitrogen and oxygen atoms in total. The second kappa shape index (κ2) is 8.87. The highest BCUT2D eigenvalue weighted by atomic mass is 16.5. The van der Waals surface area contributed by atoms with Gasteiger partial charge >= 0.3 is 5.97 Å². The van der Waals surface area contributed by atoms with Crippen LogP contribution in [0.2, 0.25) is 0 Å². The highest BCUT2D eigenvalue weighted by Gasteiger charge is 2.29. The number of hydrogen-bond acceptors (Lipinski definition) is 4. The lowest BCUT2D eigenvalue weighted by Gasteiger charge is -2.34. The smallest absolute Gasteiger partial charge is 0.320 e. The molecule has 1 aromatic carbocycles. The number of ether oxygens (including phenoxy) is 2. The van der Waals surface area contributed by atoms with Gasteiger partial charge in [0.2, 0.25) is 0 Å². The third-order valence-corrected chi connectivity index (χ3v) is 5.03. The second-order valence-corrected chi connectivity index (χ2v) is 8.19. The maximum Gasteiger partial charge on any atom is 0.320 e. The lowest BCUT2D eigenvalue weighted by Crippen LogP contribution is -2.44. The number of nitrogens with zero attached hydrogens (tertiary/aromatic N) is 1. The SMILES string of the molecule is COCCOc1cc(C)c(C(C)(C)C)cc1CN1CCCC[C@H]1C(=O)O. The molecule has 1 saturated heterocycles. The standard InChI is InChI=1S/C21H33NO4/c1-15-12-19(26-11-10-25-5)16(13-17(15)21(2,3)4)14-22-9-7-6-8-18(22)20(23)24/h12-13,18H,6-11,14H2,1-5H3,(H,23,24)/t18-/m0/s1. The van der Waals surface area contributed by atoms with Crippen LogP contribution in [0.25, 0.3) is 0 Å². The predicted octanol–water partition coefficient (Wildman–Crippen LogP) is 3.76. The topological polar surface area (TPSA) is 59.0 Å². The molecule has 1 aliphatic heterocycles. The molecule has 5 heteroatoms. The van der Waals surface area contributed by atoms with E-state index in [0.717, 1.165) is 30.7 Å². The van der Waals surface area contributed by atoms with Gasteiger partial charge in [-0.2, -0.15) is 0 Å². The molecule has 0 amide bonds. The summed E-state index contributed by atoms with van der Waals surface area (Å²) >= 11 is 0. The van der Waals surface area contributed by atoms with Crippen molar-refractivity contribution in [1.29, 1.82) is 0 Å². The summed E-state index contributed by atoms with van der Waals surface area (Å²) in [6.45, 7) is 11.1. The van der Waals surface area contributed by atoms with Gasteiger partial charge in [-0.05, 0) is 48.9 Å². The van der Waals surface area contributed by atoms with Gasteiger partial charge in [-0.25, -0.2) is 0 Å². The quantitative estimate of drug-likeness (QED) is 0.748. The zero-order chi connectivity index (χ0) is 19.3. The number of benzene rings is 1. The Morgan fingerprint density at radius 1 is 1.27 bits per heavy atom. The number of likely N-dealkylation sites (tertiary alicyclic amines) is 1. The van der Waals surface area contributed by atoms with Crippen molar-refractivity contribution in [2.75, 3.05) is 26.9 Å². The summed E-state index contributed by atoms with van der Waals surface area (Å²) in [5, 5.41) is 9.57. The van der Waals surface area contributed by atoms with Crippen LogP contribution >= 0.6 is 0 Å². The van der Waals surface area contributed by atoms with E-state index in [1.807, 2.05) is 0 Å². The average Bonchev–Trinajstić information content (AvgIpc) is 2.56. The van der Waals surface area contributed by atoms with Crippen molar-refractivity contribution < 1.29 is 19.4 Å². The second-order valence-electron chi connectivity index (χ2n) is 8.19. The van der Waals surface area contributed by atoms with Gasteiger partial charge in [0, 0.05) is 19.2 Å². The van der Waals surface area contributed by atoms with Crippen LogP contribution in [0.1, 0.15) is 56.7 Å². The molecule has 1 aliphatic rings. The van der Waals surface area contributed by atoms with Crippen molar-refractivity contribution in [3.8, 4) is 5.75 Å². The van der Waals surface area contributed by atoms with Crippen molar-refractivity contribution in [1.82, 2.24) is 4.90 Å². The van der Waals surface area contributed by atoms with E-state index in [2.05, 4.69) is 44.7 Å². The first-order valence-electron chi connectivity index (χ1n) is 9.46. The molecule has 1 aromatic rings. The molecule has 0 radical (unpaired) electrons. The molecule has 0 unspecified atom stereocenters. The van der Waals surface area contributed by atoms with Crippen molar-refractivity contribution >= 4 is 5.97 Å². The summed E-state index contributed by atoms with van der Waals surface area (Å²) in [7, 11) is 1.66. The summed E-state index contributed by atoms with van der Waals surface area (Å²) in [5.41, 5.74) is 3.56. The normalized spacial score (nSPS) is 18.7.